The number of rotatable bonds is 1. The Morgan fingerprint density at radius 1 is 1.15 bits per heavy atom. The second-order valence-electron chi connectivity index (χ2n) is 4.36. The van der Waals surface area contributed by atoms with Gasteiger partial charge in [-0.15, -0.1) is 11.3 Å². The maximum atomic E-state index is 6.18. The van der Waals surface area contributed by atoms with Gasteiger partial charge < -0.3 is 4.98 Å². The monoisotopic (exact) mass is 319 g/mol. The van der Waals surface area contributed by atoms with Crippen LogP contribution in [0.5, 0.6) is 0 Å². The van der Waals surface area contributed by atoms with Crippen LogP contribution in [0.4, 0.5) is 0 Å². The minimum absolute atomic E-state index is 0.631. The van der Waals surface area contributed by atoms with Crippen LogP contribution in [0.1, 0.15) is 0 Å². The average molecular weight is 320 g/mol. The Morgan fingerprint density at radius 3 is 2.80 bits per heavy atom. The Bertz CT molecular complexity index is 942. The number of para-hydroxylation sites is 1. The molecule has 4 aromatic rings. The summed E-state index contributed by atoms with van der Waals surface area (Å²) in [6, 6.07) is 9.74. The summed E-state index contributed by atoms with van der Waals surface area (Å²) in [5.74, 6) is 0.714. The maximum Gasteiger partial charge on any atom is 0.140 e. The number of H-pyrrole nitrogens is 1. The molecule has 0 fully saturated rings. The number of nitrogens with zero attached hydrogens (tertiary/aromatic N) is 2. The lowest BCUT2D eigenvalue weighted by Gasteiger charge is -1.95. The van der Waals surface area contributed by atoms with Crippen LogP contribution >= 0.6 is 34.5 Å². The summed E-state index contributed by atoms with van der Waals surface area (Å²) in [6.07, 6.45) is 1.79. The summed E-state index contributed by atoms with van der Waals surface area (Å²) in [7, 11) is 0. The molecule has 20 heavy (non-hydrogen) atoms. The molecule has 6 heteroatoms. The molecule has 0 saturated heterocycles. The Labute approximate surface area is 128 Å². The first-order valence-electron chi connectivity index (χ1n) is 5.91. The van der Waals surface area contributed by atoms with Gasteiger partial charge in [-0.3, -0.25) is 4.98 Å². The summed E-state index contributed by atoms with van der Waals surface area (Å²) < 4.78 is 1.28. The van der Waals surface area contributed by atoms with Gasteiger partial charge in [0.2, 0.25) is 0 Å². The quantitative estimate of drug-likeness (QED) is 0.527. The first-order valence-corrected chi connectivity index (χ1v) is 7.48. The van der Waals surface area contributed by atoms with Crippen molar-refractivity contribution < 1.29 is 0 Å². The third-order valence-electron chi connectivity index (χ3n) is 3.14. The normalized spacial score (nSPS) is 11.5. The number of nitrogens with one attached hydrogen (secondary N) is 1. The molecular weight excluding hydrogens is 313 g/mol. The van der Waals surface area contributed by atoms with Gasteiger partial charge in [0.05, 0.1) is 27.1 Å². The number of aromatic amines is 1. The van der Waals surface area contributed by atoms with Gasteiger partial charge in [-0.05, 0) is 12.1 Å². The summed E-state index contributed by atoms with van der Waals surface area (Å²) in [5.41, 5.74) is 3.52. The molecular formula is C14H7Cl2N3S. The molecule has 1 N–H and O–H groups in total. The predicted molar refractivity (Wildman–Crippen MR) is 84.7 cm³/mol. The molecule has 0 aliphatic heterocycles. The van der Waals surface area contributed by atoms with E-state index >= 15 is 0 Å². The van der Waals surface area contributed by atoms with E-state index in [0.29, 0.717) is 14.5 Å². The smallest absolute Gasteiger partial charge is 0.140 e. The van der Waals surface area contributed by atoms with Crippen molar-refractivity contribution in [3.63, 3.8) is 0 Å². The van der Waals surface area contributed by atoms with Crippen LogP contribution in [0.2, 0.25) is 8.67 Å². The molecule has 0 spiro atoms. The lowest BCUT2D eigenvalue weighted by Crippen LogP contribution is -1.79. The summed E-state index contributed by atoms with van der Waals surface area (Å²) >= 11 is 13.5. The van der Waals surface area contributed by atoms with Gasteiger partial charge in [0, 0.05) is 10.9 Å². The highest BCUT2D eigenvalue weighted by Gasteiger charge is 2.14. The number of pyridine rings is 1. The third kappa shape index (κ3) is 1.80. The molecule has 0 atom stereocenters. The van der Waals surface area contributed by atoms with E-state index < -0.39 is 0 Å². The van der Waals surface area contributed by atoms with Crippen molar-refractivity contribution in [2.24, 2.45) is 0 Å². The first-order chi connectivity index (χ1) is 9.72. The highest BCUT2D eigenvalue weighted by Crippen LogP contribution is 2.37. The van der Waals surface area contributed by atoms with Crippen molar-refractivity contribution in [3.8, 4) is 11.4 Å². The summed E-state index contributed by atoms with van der Waals surface area (Å²) in [6.45, 7) is 0. The molecule has 1 aromatic carbocycles. The molecule has 0 bridgehead atoms. The van der Waals surface area contributed by atoms with Crippen molar-refractivity contribution in [3.05, 3.63) is 45.2 Å². The van der Waals surface area contributed by atoms with Crippen LogP contribution in [0.25, 0.3) is 33.3 Å². The Balaban J connectivity index is 2.03. The first kappa shape index (κ1) is 12.1. The van der Waals surface area contributed by atoms with Gasteiger partial charge >= 0.3 is 0 Å². The van der Waals surface area contributed by atoms with Gasteiger partial charge in [0.1, 0.15) is 10.2 Å². The Morgan fingerprint density at radius 2 is 2.00 bits per heavy atom. The minimum Gasteiger partial charge on any atom is -0.337 e. The SMILES string of the molecule is Clc1cc(-c2nc3c(cnc4ccccc43)[nH]2)c(Cl)s1. The van der Waals surface area contributed by atoms with Crippen LogP contribution in [0.15, 0.2) is 36.5 Å². The fourth-order valence-corrected chi connectivity index (χ4v) is 3.70. The number of aromatic nitrogens is 3. The number of hydrogen-bond donors (Lipinski definition) is 1. The molecule has 98 valence electrons. The van der Waals surface area contributed by atoms with Crippen LogP contribution in [-0.4, -0.2) is 15.0 Å². The topological polar surface area (TPSA) is 41.6 Å². The number of benzene rings is 1. The maximum absolute atomic E-state index is 6.18. The highest BCUT2D eigenvalue weighted by molar-refractivity contribution is 7.20. The van der Waals surface area contributed by atoms with E-state index in [4.69, 9.17) is 23.2 Å². The number of imidazole rings is 1. The van der Waals surface area contributed by atoms with E-state index in [1.165, 1.54) is 11.3 Å². The molecule has 0 saturated carbocycles. The van der Waals surface area contributed by atoms with E-state index in [1.807, 2.05) is 30.3 Å². The van der Waals surface area contributed by atoms with Crippen molar-refractivity contribution in [1.82, 2.24) is 15.0 Å². The number of hydrogen-bond acceptors (Lipinski definition) is 3. The zero-order valence-corrected chi connectivity index (χ0v) is 12.4. The minimum atomic E-state index is 0.631. The van der Waals surface area contributed by atoms with Gasteiger partial charge in [-0.25, -0.2) is 4.98 Å². The zero-order valence-electron chi connectivity index (χ0n) is 10.0. The lowest BCUT2D eigenvalue weighted by molar-refractivity contribution is 1.34. The molecule has 0 radical (unpaired) electrons. The van der Waals surface area contributed by atoms with Crippen molar-refractivity contribution >= 4 is 56.5 Å². The molecule has 3 aromatic heterocycles. The molecule has 0 aliphatic carbocycles. The Kier molecular flexibility index (Phi) is 2.70. The lowest BCUT2D eigenvalue weighted by atomic mass is 10.2. The van der Waals surface area contributed by atoms with Gasteiger partial charge in [0.25, 0.3) is 0 Å². The van der Waals surface area contributed by atoms with Crippen LogP contribution < -0.4 is 0 Å². The highest BCUT2D eigenvalue weighted by atomic mass is 35.5. The van der Waals surface area contributed by atoms with Crippen LogP contribution in [0.3, 0.4) is 0 Å². The standard InChI is InChI=1S/C14H7Cl2N3S/c15-11-5-8(13(16)20-11)14-18-10-6-17-9-4-2-1-3-7(9)12(10)19-14/h1-6H,(H,18,19). The fraction of sp³-hybridized carbons (Fsp3) is 0. The number of thiophene rings is 1. The molecule has 0 aliphatic rings. The van der Waals surface area contributed by atoms with E-state index in [2.05, 4.69) is 15.0 Å². The van der Waals surface area contributed by atoms with Crippen molar-refractivity contribution in [2.45, 2.75) is 0 Å². The van der Waals surface area contributed by atoms with Crippen molar-refractivity contribution in [1.29, 1.82) is 0 Å². The fourth-order valence-electron chi connectivity index (χ4n) is 2.24. The molecule has 4 rings (SSSR count). The van der Waals surface area contributed by atoms with Gasteiger partial charge in [-0.2, -0.15) is 0 Å². The van der Waals surface area contributed by atoms with Gasteiger partial charge in [0.15, 0.2) is 0 Å². The van der Waals surface area contributed by atoms with Crippen LogP contribution in [-0.2, 0) is 0 Å². The van der Waals surface area contributed by atoms with Gasteiger partial charge in [-0.1, -0.05) is 41.4 Å². The summed E-state index contributed by atoms with van der Waals surface area (Å²) in [4.78, 5) is 12.3. The average Bonchev–Trinajstić information content (AvgIpc) is 3.01. The number of fused-ring (bicyclic) bond motifs is 3. The van der Waals surface area contributed by atoms with E-state index in [-0.39, 0.29) is 0 Å². The van der Waals surface area contributed by atoms with E-state index in [9.17, 15) is 0 Å². The van der Waals surface area contributed by atoms with E-state index in [0.717, 1.165) is 27.5 Å². The third-order valence-corrected chi connectivity index (χ3v) is 4.62. The van der Waals surface area contributed by atoms with Crippen LogP contribution in [0, 0.1) is 0 Å². The zero-order chi connectivity index (χ0) is 13.7. The molecule has 3 nitrogen and oxygen atoms in total. The molecule has 3 heterocycles. The Hall–Kier alpha value is -1.62. The largest absolute Gasteiger partial charge is 0.337 e. The second kappa shape index (κ2) is 4.45. The second-order valence-corrected chi connectivity index (χ2v) is 6.65. The van der Waals surface area contributed by atoms with E-state index in [1.54, 1.807) is 6.20 Å². The molecule has 0 unspecified atom stereocenters. The predicted octanol–water partition coefficient (Wildman–Crippen LogP) is 5.15. The molecule has 0 amide bonds. The number of halogens is 2. The summed E-state index contributed by atoms with van der Waals surface area (Å²) in [5, 5.41) is 1.02. The van der Waals surface area contributed by atoms with Crippen molar-refractivity contribution in [2.75, 3.05) is 0 Å².